The molecular weight excluding hydrogens is 196 g/mol. The number of rotatable bonds is 6. The summed E-state index contributed by atoms with van der Waals surface area (Å²) in [6.45, 7) is 3.36. The maximum Gasteiger partial charge on any atom is 0.321 e. The van der Waals surface area contributed by atoms with Gasteiger partial charge in [-0.1, -0.05) is 6.92 Å². The van der Waals surface area contributed by atoms with Gasteiger partial charge in [0, 0.05) is 6.54 Å². The molecule has 0 saturated heterocycles. The van der Waals surface area contributed by atoms with Crippen LogP contribution in [0.3, 0.4) is 0 Å². The number of carboxylic acid groups (broad SMARTS) is 1. The van der Waals surface area contributed by atoms with Gasteiger partial charge in [-0.3, -0.25) is 4.79 Å². The van der Waals surface area contributed by atoms with Crippen molar-refractivity contribution >= 4 is 16.2 Å². The van der Waals surface area contributed by atoms with Gasteiger partial charge in [-0.05, 0) is 13.3 Å². The van der Waals surface area contributed by atoms with Gasteiger partial charge in [0.15, 0.2) is 0 Å². The van der Waals surface area contributed by atoms with Gasteiger partial charge in [-0.15, -0.1) is 0 Å². The van der Waals surface area contributed by atoms with Crippen LogP contribution < -0.4 is 9.44 Å². The third-order valence-corrected chi connectivity index (χ3v) is 2.49. The molecule has 0 aromatic carbocycles. The quantitative estimate of drug-likeness (QED) is 0.540. The lowest BCUT2D eigenvalue weighted by Gasteiger charge is -2.10. The Bertz CT molecular complexity index is 262. The van der Waals surface area contributed by atoms with Crippen LogP contribution in [0, 0.1) is 0 Å². The Kier molecular flexibility index (Phi) is 4.89. The number of aliphatic carboxylic acids is 1. The van der Waals surface area contributed by atoms with E-state index in [1.54, 1.807) is 0 Å². The molecule has 3 N–H and O–H groups in total. The first kappa shape index (κ1) is 12.3. The summed E-state index contributed by atoms with van der Waals surface area (Å²) in [5.41, 5.74) is 0. The van der Waals surface area contributed by atoms with Crippen LogP contribution in [0.1, 0.15) is 20.3 Å². The van der Waals surface area contributed by atoms with Gasteiger partial charge < -0.3 is 5.11 Å². The summed E-state index contributed by atoms with van der Waals surface area (Å²) in [4.78, 5) is 10.3. The minimum Gasteiger partial charge on any atom is -0.480 e. The lowest BCUT2D eigenvalue weighted by Crippen LogP contribution is -2.45. The van der Waals surface area contributed by atoms with Crippen LogP contribution >= 0.6 is 0 Å². The van der Waals surface area contributed by atoms with Gasteiger partial charge in [0.05, 0.1) is 0 Å². The largest absolute Gasteiger partial charge is 0.480 e. The minimum absolute atomic E-state index is 0.293. The summed E-state index contributed by atoms with van der Waals surface area (Å²) >= 11 is 0. The van der Waals surface area contributed by atoms with E-state index in [4.69, 9.17) is 5.11 Å². The van der Waals surface area contributed by atoms with Crippen LogP contribution in [-0.2, 0) is 15.0 Å². The van der Waals surface area contributed by atoms with Crippen LogP contribution in [0.15, 0.2) is 0 Å². The predicted molar refractivity (Wildman–Crippen MR) is 47.4 cm³/mol. The van der Waals surface area contributed by atoms with E-state index in [1.165, 1.54) is 6.92 Å². The molecule has 0 aliphatic carbocycles. The van der Waals surface area contributed by atoms with E-state index in [9.17, 15) is 13.2 Å². The topological polar surface area (TPSA) is 95.5 Å². The van der Waals surface area contributed by atoms with Gasteiger partial charge in [-0.25, -0.2) is 4.72 Å². The smallest absolute Gasteiger partial charge is 0.321 e. The SMILES string of the molecule is CCCNS(=O)(=O)N[C@@H](C)C(=O)O. The first-order valence-corrected chi connectivity index (χ1v) is 5.37. The highest BCUT2D eigenvalue weighted by molar-refractivity contribution is 7.87. The summed E-state index contributed by atoms with van der Waals surface area (Å²) in [5.74, 6) is -1.21. The molecular formula is C6H14N2O4S. The lowest BCUT2D eigenvalue weighted by molar-refractivity contribution is -0.138. The Balaban J connectivity index is 4.10. The monoisotopic (exact) mass is 210 g/mol. The molecule has 78 valence electrons. The zero-order valence-corrected chi connectivity index (χ0v) is 8.39. The Morgan fingerprint density at radius 3 is 2.46 bits per heavy atom. The van der Waals surface area contributed by atoms with Gasteiger partial charge in [-0.2, -0.15) is 13.1 Å². The zero-order chi connectivity index (χ0) is 10.5. The molecule has 1 atom stereocenters. The average Bonchev–Trinajstić information content (AvgIpc) is 2.00. The average molecular weight is 210 g/mol. The highest BCUT2D eigenvalue weighted by Gasteiger charge is 2.18. The van der Waals surface area contributed by atoms with E-state index in [1.807, 2.05) is 11.6 Å². The van der Waals surface area contributed by atoms with E-state index in [2.05, 4.69) is 4.72 Å². The maximum absolute atomic E-state index is 11.0. The van der Waals surface area contributed by atoms with Crippen molar-refractivity contribution in [1.82, 2.24) is 9.44 Å². The summed E-state index contributed by atoms with van der Waals surface area (Å²) in [7, 11) is -3.67. The second-order valence-corrected chi connectivity index (χ2v) is 4.11. The molecule has 0 aromatic rings. The van der Waals surface area contributed by atoms with Crippen molar-refractivity contribution in [3.8, 4) is 0 Å². The van der Waals surface area contributed by atoms with Crippen molar-refractivity contribution in [2.45, 2.75) is 26.3 Å². The molecule has 0 saturated carbocycles. The first-order chi connectivity index (χ1) is 5.89. The molecule has 0 unspecified atom stereocenters. The predicted octanol–water partition coefficient (Wildman–Crippen LogP) is -0.706. The van der Waals surface area contributed by atoms with E-state index < -0.39 is 22.2 Å². The molecule has 6 nitrogen and oxygen atoms in total. The molecule has 7 heteroatoms. The van der Waals surface area contributed by atoms with Gasteiger partial charge >= 0.3 is 5.97 Å². The second-order valence-electron chi connectivity index (χ2n) is 2.58. The minimum atomic E-state index is -3.67. The van der Waals surface area contributed by atoms with Crippen molar-refractivity contribution in [2.75, 3.05) is 6.54 Å². The standard InChI is InChI=1S/C6H14N2O4S/c1-3-4-7-13(11,12)8-5(2)6(9)10/h5,7-8H,3-4H2,1-2H3,(H,9,10)/t5-/m0/s1. The molecule has 0 spiro atoms. The molecule has 0 amide bonds. The molecule has 0 heterocycles. The Hall–Kier alpha value is -0.660. The fourth-order valence-corrected chi connectivity index (χ4v) is 1.68. The fourth-order valence-electron chi connectivity index (χ4n) is 0.561. The lowest BCUT2D eigenvalue weighted by atomic mass is 10.4. The molecule has 13 heavy (non-hydrogen) atoms. The van der Waals surface area contributed by atoms with E-state index in [0.29, 0.717) is 13.0 Å². The van der Waals surface area contributed by atoms with Gasteiger partial charge in [0.1, 0.15) is 6.04 Å². The highest BCUT2D eigenvalue weighted by atomic mass is 32.2. The van der Waals surface area contributed by atoms with Crippen molar-refractivity contribution in [1.29, 1.82) is 0 Å². The Morgan fingerprint density at radius 2 is 2.08 bits per heavy atom. The van der Waals surface area contributed by atoms with Crippen LogP contribution in [0.2, 0.25) is 0 Å². The number of carbonyl (C=O) groups is 1. The maximum atomic E-state index is 11.0. The van der Waals surface area contributed by atoms with E-state index >= 15 is 0 Å². The molecule has 0 radical (unpaired) electrons. The number of hydrogen-bond acceptors (Lipinski definition) is 3. The third kappa shape index (κ3) is 5.56. The van der Waals surface area contributed by atoms with E-state index in [0.717, 1.165) is 0 Å². The molecule has 0 aliphatic rings. The summed E-state index contributed by atoms with van der Waals surface area (Å²) in [5, 5.41) is 8.42. The highest BCUT2D eigenvalue weighted by Crippen LogP contribution is 1.86. The van der Waals surface area contributed by atoms with Crippen LogP contribution in [0.25, 0.3) is 0 Å². The summed E-state index contributed by atoms with van der Waals surface area (Å²) in [6.07, 6.45) is 0.655. The van der Waals surface area contributed by atoms with Crippen LogP contribution in [0.5, 0.6) is 0 Å². The van der Waals surface area contributed by atoms with Gasteiger partial charge in [0.25, 0.3) is 10.2 Å². The Morgan fingerprint density at radius 1 is 1.54 bits per heavy atom. The Labute approximate surface area is 77.5 Å². The number of carboxylic acids is 1. The normalized spacial score (nSPS) is 14.0. The summed E-state index contributed by atoms with van der Waals surface area (Å²) < 4.78 is 26.2. The van der Waals surface area contributed by atoms with Crippen molar-refractivity contribution in [3.63, 3.8) is 0 Å². The molecule has 0 aliphatic heterocycles. The molecule has 0 rings (SSSR count). The van der Waals surface area contributed by atoms with Crippen LogP contribution in [0.4, 0.5) is 0 Å². The van der Waals surface area contributed by atoms with Crippen molar-refractivity contribution in [3.05, 3.63) is 0 Å². The number of nitrogens with one attached hydrogen (secondary N) is 2. The second kappa shape index (κ2) is 5.15. The summed E-state index contributed by atoms with van der Waals surface area (Å²) in [6, 6.07) is -1.12. The van der Waals surface area contributed by atoms with Crippen LogP contribution in [-0.4, -0.2) is 32.1 Å². The molecule has 0 bridgehead atoms. The van der Waals surface area contributed by atoms with Crippen molar-refractivity contribution in [2.24, 2.45) is 0 Å². The third-order valence-electron chi connectivity index (χ3n) is 1.24. The zero-order valence-electron chi connectivity index (χ0n) is 7.57. The molecule has 0 aromatic heterocycles. The van der Waals surface area contributed by atoms with Crippen molar-refractivity contribution < 1.29 is 18.3 Å². The van der Waals surface area contributed by atoms with E-state index in [-0.39, 0.29) is 0 Å². The van der Waals surface area contributed by atoms with Gasteiger partial charge in [0.2, 0.25) is 0 Å². The first-order valence-electron chi connectivity index (χ1n) is 3.88. The number of hydrogen-bond donors (Lipinski definition) is 3. The fraction of sp³-hybridized carbons (Fsp3) is 0.833. The molecule has 0 fully saturated rings.